The molecule has 184 valence electrons. The van der Waals surface area contributed by atoms with Crippen molar-refractivity contribution in [3.05, 3.63) is 95.1 Å². The average molecular weight is 475 g/mol. The fraction of sp³-hybridized carbons (Fsp3) is 0.310. The maximum absolute atomic E-state index is 12.7. The molecular formula is C29H34N2O4. The van der Waals surface area contributed by atoms with E-state index in [-0.39, 0.29) is 18.2 Å². The molecule has 0 aliphatic carbocycles. The van der Waals surface area contributed by atoms with E-state index in [1.807, 2.05) is 0 Å². The zero-order valence-corrected chi connectivity index (χ0v) is 20.5. The summed E-state index contributed by atoms with van der Waals surface area (Å²) in [6.07, 6.45) is 0.222. The molecular weight excluding hydrogens is 440 g/mol. The highest BCUT2D eigenvalue weighted by atomic mass is 16.5. The minimum atomic E-state index is -1.04. The number of carbonyl (C=O) groups is 2. The Kier molecular flexibility index (Phi) is 9.18. The van der Waals surface area contributed by atoms with Crippen molar-refractivity contribution in [1.29, 1.82) is 0 Å². The number of aliphatic carboxylic acids is 1. The molecule has 6 heteroatoms. The van der Waals surface area contributed by atoms with Gasteiger partial charge >= 0.3 is 5.97 Å². The van der Waals surface area contributed by atoms with Gasteiger partial charge < -0.3 is 20.9 Å². The Morgan fingerprint density at radius 2 is 1.43 bits per heavy atom. The minimum Gasteiger partial charge on any atom is -0.480 e. The molecule has 3 aromatic carbocycles. The highest BCUT2D eigenvalue weighted by molar-refractivity contribution is 5.94. The van der Waals surface area contributed by atoms with Crippen molar-refractivity contribution >= 4 is 11.9 Å². The number of rotatable bonds is 11. The van der Waals surface area contributed by atoms with Crippen LogP contribution >= 0.6 is 0 Å². The third kappa shape index (κ3) is 7.25. The lowest BCUT2D eigenvalue weighted by atomic mass is 9.87. The van der Waals surface area contributed by atoms with Crippen molar-refractivity contribution in [2.45, 2.75) is 38.8 Å². The molecule has 0 aliphatic heterocycles. The smallest absolute Gasteiger partial charge is 0.320 e. The molecule has 0 saturated heterocycles. The second kappa shape index (κ2) is 12.3. The SMILES string of the molecule is COCc1ccc(-c2ccc([C@H](CNC(=O)c3ccc(C[C@@H](N)C(=O)O)cc3)C(C)C)cc2)cc1. The molecule has 0 heterocycles. The summed E-state index contributed by atoms with van der Waals surface area (Å²) in [5.74, 6) is -0.684. The van der Waals surface area contributed by atoms with Gasteiger partial charge in [0.2, 0.25) is 0 Å². The molecule has 0 aliphatic rings. The topological polar surface area (TPSA) is 102 Å². The molecule has 0 spiro atoms. The van der Waals surface area contributed by atoms with Crippen LogP contribution in [0.3, 0.4) is 0 Å². The second-order valence-corrected chi connectivity index (χ2v) is 9.16. The normalized spacial score (nSPS) is 12.8. The van der Waals surface area contributed by atoms with Gasteiger partial charge in [0.25, 0.3) is 5.91 Å². The zero-order valence-electron chi connectivity index (χ0n) is 20.5. The molecule has 0 aromatic heterocycles. The summed E-state index contributed by atoms with van der Waals surface area (Å²) in [4.78, 5) is 23.7. The summed E-state index contributed by atoms with van der Waals surface area (Å²) in [7, 11) is 1.69. The van der Waals surface area contributed by atoms with E-state index in [1.165, 1.54) is 5.56 Å². The van der Waals surface area contributed by atoms with Crippen molar-refractivity contribution in [3.8, 4) is 11.1 Å². The van der Waals surface area contributed by atoms with Crippen LogP contribution in [0.15, 0.2) is 72.8 Å². The van der Waals surface area contributed by atoms with E-state index in [2.05, 4.69) is 67.7 Å². The molecule has 0 bridgehead atoms. The molecule has 35 heavy (non-hydrogen) atoms. The average Bonchev–Trinajstić information content (AvgIpc) is 2.85. The number of nitrogens with two attached hydrogens (primary N) is 1. The largest absolute Gasteiger partial charge is 0.480 e. The number of hydrogen-bond acceptors (Lipinski definition) is 4. The van der Waals surface area contributed by atoms with Crippen LogP contribution in [0.5, 0.6) is 0 Å². The van der Waals surface area contributed by atoms with Crippen LogP contribution in [-0.2, 0) is 22.6 Å². The number of methoxy groups -OCH3 is 1. The van der Waals surface area contributed by atoms with Crippen LogP contribution in [-0.4, -0.2) is 36.7 Å². The molecule has 0 saturated carbocycles. The lowest BCUT2D eigenvalue weighted by Gasteiger charge is -2.22. The van der Waals surface area contributed by atoms with Gasteiger partial charge in [0, 0.05) is 25.1 Å². The number of amides is 1. The molecule has 3 rings (SSSR count). The molecule has 0 fully saturated rings. The Morgan fingerprint density at radius 1 is 0.886 bits per heavy atom. The Hall–Kier alpha value is -3.48. The van der Waals surface area contributed by atoms with Crippen LogP contribution in [0, 0.1) is 5.92 Å². The fourth-order valence-corrected chi connectivity index (χ4v) is 4.06. The number of benzene rings is 3. The van der Waals surface area contributed by atoms with Gasteiger partial charge in [-0.1, -0.05) is 74.5 Å². The standard InChI is InChI=1S/C29H34N2O4/c1-19(2)26(17-31-28(32)25-10-4-20(5-11-25)16-27(30)29(33)34)24-14-12-23(13-15-24)22-8-6-21(7-9-22)18-35-3/h4-15,19,26-27H,16-18,30H2,1-3H3,(H,31,32)(H,33,34)/t26-,27-/m1/s1. The van der Waals surface area contributed by atoms with E-state index in [0.717, 1.165) is 22.3 Å². The van der Waals surface area contributed by atoms with Gasteiger partial charge in [0.15, 0.2) is 0 Å². The number of nitrogens with one attached hydrogen (secondary N) is 1. The van der Waals surface area contributed by atoms with Gasteiger partial charge in [-0.05, 0) is 52.3 Å². The molecule has 0 unspecified atom stereocenters. The highest BCUT2D eigenvalue weighted by Gasteiger charge is 2.18. The van der Waals surface area contributed by atoms with Crippen molar-refractivity contribution < 1.29 is 19.4 Å². The molecule has 4 N–H and O–H groups in total. The third-order valence-electron chi connectivity index (χ3n) is 6.21. The first-order valence-electron chi connectivity index (χ1n) is 11.8. The summed E-state index contributed by atoms with van der Waals surface area (Å²) < 4.78 is 5.18. The van der Waals surface area contributed by atoms with Crippen molar-refractivity contribution in [1.82, 2.24) is 5.32 Å². The Labute approximate surface area is 207 Å². The van der Waals surface area contributed by atoms with E-state index < -0.39 is 12.0 Å². The molecule has 1 amide bonds. The van der Waals surface area contributed by atoms with Gasteiger partial charge in [-0.2, -0.15) is 0 Å². The quantitative estimate of drug-likeness (QED) is 0.376. The monoisotopic (exact) mass is 474 g/mol. The highest BCUT2D eigenvalue weighted by Crippen LogP contribution is 2.27. The second-order valence-electron chi connectivity index (χ2n) is 9.16. The first kappa shape index (κ1) is 26.1. The first-order valence-corrected chi connectivity index (χ1v) is 11.8. The maximum Gasteiger partial charge on any atom is 0.320 e. The van der Waals surface area contributed by atoms with Gasteiger partial charge in [-0.25, -0.2) is 0 Å². The Balaban J connectivity index is 1.62. The van der Waals surface area contributed by atoms with E-state index in [0.29, 0.717) is 24.6 Å². The van der Waals surface area contributed by atoms with Crippen molar-refractivity contribution in [2.75, 3.05) is 13.7 Å². The van der Waals surface area contributed by atoms with Crippen LogP contribution in [0.25, 0.3) is 11.1 Å². The molecule has 0 radical (unpaired) electrons. The number of ether oxygens (including phenoxy) is 1. The van der Waals surface area contributed by atoms with E-state index >= 15 is 0 Å². The summed E-state index contributed by atoms with van der Waals surface area (Å²) in [5.41, 5.74) is 11.5. The number of carboxylic acids is 1. The lowest BCUT2D eigenvalue weighted by Crippen LogP contribution is -2.32. The molecule has 6 nitrogen and oxygen atoms in total. The third-order valence-corrected chi connectivity index (χ3v) is 6.21. The minimum absolute atomic E-state index is 0.155. The van der Waals surface area contributed by atoms with E-state index in [9.17, 15) is 9.59 Å². The zero-order chi connectivity index (χ0) is 25.4. The van der Waals surface area contributed by atoms with Crippen LogP contribution < -0.4 is 11.1 Å². The number of carboxylic acid groups (broad SMARTS) is 1. The van der Waals surface area contributed by atoms with Crippen LogP contribution in [0.2, 0.25) is 0 Å². The molecule has 3 aromatic rings. The van der Waals surface area contributed by atoms with Crippen LogP contribution in [0.1, 0.15) is 46.8 Å². The predicted molar refractivity (Wildman–Crippen MR) is 138 cm³/mol. The maximum atomic E-state index is 12.7. The van der Waals surface area contributed by atoms with Crippen LogP contribution in [0.4, 0.5) is 0 Å². The van der Waals surface area contributed by atoms with E-state index in [4.69, 9.17) is 15.6 Å². The van der Waals surface area contributed by atoms with Crippen molar-refractivity contribution in [3.63, 3.8) is 0 Å². The summed E-state index contributed by atoms with van der Waals surface area (Å²) in [6.45, 7) is 5.43. The fourth-order valence-electron chi connectivity index (χ4n) is 4.06. The van der Waals surface area contributed by atoms with Gasteiger partial charge in [-0.15, -0.1) is 0 Å². The van der Waals surface area contributed by atoms with Gasteiger partial charge in [0.05, 0.1) is 6.61 Å². The Bertz CT molecular complexity index is 1110. The molecule has 2 atom stereocenters. The van der Waals surface area contributed by atoms with Gasteiger partial charge in [0.1, 0.15) is 6.04 Å². The lowest BCUT2D eigenvalue weighted by molar-refractivity contribution is -0.138. The summed E-state index contributed by atoms with van der Waals surface area (Å²) in [5, 5.41) is 12.0. The number of carbonyl (C=O) groups excluding carboxylic acids is 1. The summed E-state index contributed by atoms with van der Waals surface area (Å²) in [6, 6.07) is 22.8. The summed E-state index contributed by atoms with van der Waals surface area (Å²) >= 11 is 0. The van der Waals surface area contributed by atoms with Crippen molar-refractivity contribution in [2.24, 2.45) is 11.7 Å². The first-order chi connectivity index (χ1) is 16.8. The predicted octanol–water partition coefficient (Wildman–Crippen LogP) is 4.62. The van der Waals surface area contributed by atoms with E-state index in [1.54, 1.807) is 31.4 Å². The van der Waals surface area contributed by atoms with Gasteiger partial charge in [-0.3, -0.25) is 9.59 Å². The Morgan fingerprint density at radius 3 is 1.94 bits per heavy atom. The number of hydrogen-bond donors (Lipinski definition) is 3.